The Bertz CT molecular complexity index is 549. The molecule has 0 aromatic carbocycles. The van der Waals surface area contributed by atoms with Crippen LogP contribution in [0.15, 0.2) is 6.20 Å². The minimum atomic E-state index is -0.665. The Hall–Kier alpha value is -0.940. The second kappa shape index (κ2) is 5.93. The molecule has 2 aliphatic rings. The Morgan fingerprint density at radius 3 is 2.77 bits per heavy atom. The molecule has 1 aromatic rings. The molecule has 1 aliphatic heterocycles. The van der Waals surface area contributed by atoms with E-state index in [0.29, 0.717) is 18.5 Å². The normalized spacial score (nSPS) is 29.5. The number of nitrogens with zero attached hydrogens (tertiary/aromatic N) is 2. The monoisotopic (exact) mass is 322 g/mol. The van der Waals surface area contributed by atoms with E-state index in [-0.39, 0.29) is 11.5 Å². The van der Waals surface area contributed by atoms with E-state index in [1.165, 1.54) is 24.1 Å². The molecule has 1 saturated carbocycles. The molecule has 5 heteroatoms. The van der Waals surface area contributed by atoms with Crippen LogP contribution in [0.25, 0.3) is 0 Å². The van der Waals surface area contributed by atoms with Gasteiger partial charge in [0.25, 0.3) is 0 Å². The quantitative estimate of drug-likeness (QED) is 0.923. The smallest absolute Gasteiger partial charge is 0.320 e. The molecular formula is C17H26N2O2S. The number of carbonyl (C=O) groups is 1. The van der Waals surface area contributed by atoms with Crippen LogP contribution in [0, 0.1) is 5.92 Å². The summed E-state index contributed by atoms with van der Waals surface area (Å²) in [5, 5.41) is 10.6. The number of hydrogen-bond donors (Lipinski definition) is 1. The molecule has 3 rings (SSSR count). The molecule has 3 unspecified atom stereocenters. The number of rotatable bonds is 3. The van der Waals surface area contributed by atoms with Gasteiger partial charge in [0.15, 0.2) is 0 Å². The van der Waals surface area contributed by atoms with Gasteiger partial charge in [0.1, 0.15) is 11.0 Å². The third kappa shape index (κ3) is 3.06. The van der Waals surface area contributed by atoms with Crippen molar-refractivity contribution in [1.82, 2.24) is 9.88 Å². The van der Waals surface area contributed by atoms with Crippen LogP contribution in [0.3, 0.4) is 0 Å². The standard InChI is InChI=1S/C17H26N2O2S/c1-17(2,3)14-9-18-15(22-14)10-19-12-7-5-4-6-11(12)8-13(19)16(20)21/h9,11-13H,4-8,10H2,1-3H3,(H,20,21). The predicted octanol–water partition coefficient (Wildman–Crippen LogP) is 3.66. The molecule has 0 spiro atoms. The van der Waals surface area contributed by atoms with Crippen LogP contribution in [-0.4, -0.2) is 33.0 Å². The van der Waals surface area contributed by atoms with Gasteiger partial charge < -0.3 is 5.11 Å². The first-order valence-electron chi connectivity index (χ1n) is 8.30. The molecule has 0 amide bonds. The minimum Gasteiger partial charge on any atom is -0.480 e. The molecule has 2 fully saturated rings. The van der Waals surface area contributed by atoms with Gasteiger partial charge in [0.2, 0.25) is 0 Å². The lowest BCUT2D eigenvalue weighted by Crippen LogP contribution is -2.41. The van der Waals surface area contributed by atoms with Crippen molar-refractivity contribution in [2.75, 3.05) is 0 Å². The van der Waals surface area contributed by atoms with Gasteiger partial charge in [-0.2, -0.15) is 0 Å². The molecule has 1 aromatic heterocycles. The molecule has 122 valence electrons. The van der Waals surface area contributed by atoms with E-state index < -0.39 is 5.97 Å². The topological polar surface area (TPSA) is 53.4 Å². The number of carboxylic acid groups (broad SMARTS) is 1. The fraction of sp³-hybridized carbons (Fsp3) is 0.765. The Morgan fingerprint density at radius 1 is 1.41 bits per heavy atom. The fourth-order valence-electron chi connectivity index (χ4n) is 3.91. The second-order valence-corrected chi connectivity index (χ2v) is 8.86. The van der Waals surface area contributed by atoms with Crippen LogP contribution in [0.4, 0.5) is 0 Å². The van der Waals surface area contributed by atoms with Crippen LogP contribution >= 0.6 is 11.3 Å². The van der Waals surface area contributed by atoms with Crippen molar-refractivity contribution < 1.29 is 9.90 Å². The zero-order valence-electron chi connectivity index (χ0n) is 13.7. The maximum Gasteiger partial charge on any atom is 0.320 e. The number of thiazole rings is 1. The summed E-state index contributed by atoms with van der Waals surface area (Å²) >= 11 is 1.73. The van der Waals surface area contributed by atoms with E-state index >= 15 is 0 Å². The van der Waals surface area contributed by atoms with Gasteiger partial charge in [-0.1, -0.05) is 33.6 Å². The Labute approximate surface area is 136 Å². The first-order valence-corrected chi connectivity index (χ1v) is 9.11. The summed E-state index contributed by atoms with van der Waals surface area (Å²) in [5.41, 5.74) is 0.112. The third-order valence-electron chi connectivity index (χ3n) is 5.12. The molecule has 1 aliphatic carbocycles. The highest BCUT2D eigenvalue weighted by atomic mass is 32.1. The summed E-state index contributed by atoms with van der Waals surface area (Å²) in [7, 11) is 0. The number of carboxylic acids is 1. The largest absolute Gasteiger partial charge is 0.480 e. The summed E-state index contributed by atoms with van der Waals surface area (Å²) in [6.45, 7) is 7.27. The maximum atomic E-state index is 11.7. The van der Waals surface area contributed by atoms with Gasteiger partial charge in [0, 0.05) is 17.1 Å². The highest BCUT2D eigenvalue weighted by Gasteiger charge is 2.45. The van der Waals surface area contributed by atoms with Gasteiger partial charge in [-0.05, 0) is 30.6 Å². The average Bonchev–Trinajstić information content (AvgIpc) is 3.04. The highest BCUT2D eigenvalue weighted by molar-refractivity contribution is 7.11. The van der Waals surface area contributed by atoms with Crippen LogP contribution in [-0.2, 0) is 16.8 Å². The van der Waals surface area contributed by atoms with Crippen molar-refractivity contribution >= 4 is 17.3 Å². The number of aliphatic carboxylic acids is 1. The lowest BCUT2D eigenvalue weighted by atomic mass is 9.85. The minimum absolute atomic E-state index is 0.112. The molecule has 0 bridgehead atoms. The van der Waals surface area contributed by atoms with Gasteiger partial charge in [-0.3, -0.25) is 9.69 Å². The van der Waals surface area contributed by atoms with Gasteiger partial charge in [-0.25, -0.2) is 4.98 Å². The first kappa shape index (κ1) is 15.9. The average molecular weight is 322 g/mol. The van der Waals surface area contributed by atoms with Crippen LogP contribution in [0.1, 0.15) is 62.8 Å². The van der Waals surface area contributed by atoms with Crippen LogP contribution in [0.2, 0.25) is 0 Å². The lowest BCUT2D eigenvalue weighted by Gasteiger charge is -2.32. The molecule has 4 nitrogen and oxygen atoms in total. The predicted molar refractivity (Wildman–Crippen MR) is 88.1 cm³/mol. The fourth-order valence-corrected chi connectivity index (χ4v) is 4.89. The van der Waals surface area contributed by atoms with Crippen LogP contribution < -0.4 is 0 Å². The molecule has 0 radical (unpaired) electrons. The SMILES string of the molecule is CC(C)(C)c1cnc(CN2C(C(=O)O)CC3CCCCC32)s1. The molecule has 3 atom stereocenters. The van der Waals surface area contributed by atoms with E-state index in [4.69, 9.17) is 0 Å². The Morgan fingerprint density at radius 2 is 2.14 bits per heavy atom. The zero-order chi connectivity index (χ0) is 15.9. The molecule has 1 N–H and O–H groups in total. The van der Waals surface area contributed by atoms with Crippen molar-refractivity contribution in [3.05, 3.63) is 16.1 Å². The van der Waals surface area contributed by atoms with Gasteiger partial charge >= 0.3 is 5.97 Å². The second-order valence-electron chi connectivity index (χ2n) is 7.74. The number of aromatic nitrogens is 1. The van der Waals surface area contributed by atoms with Crippen molar-refractivity contribution in [2.24, 2.45) is 5.92 Å². The molecular weight excluding hydrogens is 296 g/mol. The zero-order valence-corrected chi connectivity index (χ0v) is 14.5. The summed E-state index contributed by atoms with van der Waals surface area (Å²) in [4.78, 5) is 19.7. The van der Waals surface area contributed by atoms with E-state index in [0.717, 1.165) is 17.8 Å². The summed E-state index contributed by atoms with van der Waals surface area (Å²) < 4.78 is 0. The Balaban J connectivity index is 1.79. The van der Waals surface area contributed by atoms with Gasteiger partial charge in [0.05, 0.1) is 6.54 Å². The maximum absolute atomic E-state index is 11.7. The van der Waals surface area contributed by atoms with Gasteiger partial charge in [-0.15, -0.1) is 11.3 Å². The molecule has 22 heavy (non-hydrogen) atoms. The van der Waals surface area contributed by atoms with Crippen molar-refractivity contribution in [1.29, 1.82) is 0 Å². The number of hydrogen-bond acceptors (Lipinski definition) is 4. The first-order chi connectivity index (χ1) is 10.4. The van der Waals surface area contributed by atoms with E-state index in [1.807, 2.05) is 6.20 Å². The summed E-state index contributed by atoms with van der Waals surface area (Å²) in [5.74, 6) is -0.0982. The highest BCUT2D eigenvalue weighted by Crippen LogP contribution is 2.41. The van der Waals surface area contributed by atoms with Crippen molar-refractivity contribution in [2.45, 2.75) is 76.9 Å². The van der Waals surface area contributed by atoms with Crippen LogP contribution in [0.5, 0.6) is 0 Å². The summed E-state index contributed by atoms with van der Waals surface area (Å²) in [6.07, 6.45) is 7.60. The van der Waals surface area contributed by atoms with E-state index in [2.05, 4.69) is 30.7 Å². The third-order valence-corrected chi connectivity index (χ3v) is 6.52. The van der Waals surface area contributed by atoms with Crippen molar-refractivity contribution in [3.8, 4) is 0 Å². The number of likely N-dealkylation sites (tertiary alicyclic amines) is 1. The molecule has 1 saturated heterocycles. The van der Waals surface area contributed by atoms with Crippen molar-refractivity contribution in [3.63, 3.8) is 0 Å². The van der Waals surface area contributed by atoms with E-state index in [1.54, 1.807) is 11.3 Å². The lowest BCUT2D eigenvalue weighted by molar-refractivity contribution is -0.142. The molecule has 2 heterocycles. The Kier molecular flexibility index (Phi) is 4.29. The summed E-state index contributed by atoms with van der Waals surface area (Å²) in [6, 6.07) is 0.118. The van der Waals surface area contributed by atoms with E-state index in [9.17, 15) is 9.90 Å². The number of fused-ring (bicyclic) bond motifs is 1.